The van der Waals surface area contributed by atoms with Gasteiger partial charge in [0.25, 0.3) is 5.91 Å². The zero-order valence-corrected chi connectivity index (χ0v) is 18.4. The maximum absolute atomic E-state index is 13.2. The topological polar surface area (TPSA) is 83.2 Å². The first-order chi connectivity index (χ1) is 15.5. The van der Waals surface area contributed by atoms with Crippen LogP contribution in [0.25, 0.3) is 5.65 Å². The Morgan fingerprint density at radius 1 is 1.03 bits per heavy atom. The SMILES string of the molecule is Cc1ccc(C)c(N2N=C(C(=O)N3CCC(c4nnc5ccccn45)CC3)CCC2=O)c1. The Balaban J connectivity index is 1.31. The van der Waals surface area contributed by atoms with Gasteiger partial charge < -0.3 is 4.90 Å². The number of hydrogen-bond donors (Lipinski definition) is 0. The Labute approximate surface area is 186 Å². The Kier molecular flexibility index (Phi) is 5.20. The van der Waals surface area contributed by atoms with Crippen molar-refractivity contribution in [2.45, 2.75) is 45.4 Å². The standard InChI is InChI=1S/C24H26N6O2/c1-16-6-7-17(2)20(15-16)30-22(31)9-8-19(27-30)24(32)28-13-10-18(11-14-28)23-26-25-21-5-3-4-12-29(21)23/h3-7,12,15,18H,8-11,13-14H2,1-2H3. The van der Waals surface area contributed by atoms with Gasteiger partial charge in [-0.25, -0.2) is 5.01 Å². The van der Waals surface area contributed by atoms with Gasteiger partial charge in [-0.2, -0.15) is 5.10 Å². The summed E-state index contributed by atoms with van der Waals surface area (Å²) in [7, 11) is 0. The molecule has 5 rings (SSSR count). The van der Waals surface area contributed by atoms with Crippen molar-refractivity contribution in [3.8, 4) is 0 Å². The highest BCUT2D eigenvalue weighted by Gasteiger charge is 2.32. The van der Waals surface area contributed by atoms with Crippen molar-refractivity contribution < 1.29 is 9.59 Å². The molecule has 2 aliphatic rings. The van der Waals surface area contributed by atoms with Crippen LogP contribution in [-0.4, -0.2) is 50.1 Å². The van der Waals surface area contributed by atoms with E-state index in [1.54, 1.807) is 0 Å². The van der Waals surface area contributed by atoms with Gasteiger partial charge in [0.05, 0.1) is 5.69 Å². The van der Waals surface area contributed by atoms with Gasteiger partial charge in [0.1, 0.15) is 11.5 Å². The summed E-state index contributed by atoms with van der Waals surface area (Å²) in [6.07, 6.45) is 4.31. The summed E-state index contributed by atoms with van der Waals surface area (Å²) in [6, 6.07) is 11.8. The number of anilines is 1. The molecule has 8 nitrogen and oxygen atoms in total. The van der Waals surface area contributed by atoms with E-state index in [-0.39, 0.29) is 17.7 Å². The molecule has 0 bridgehead atoms. The monoisotopic (exact) mass is 430 g/mol. The molecule has 0 radical (unpaired) electrons. The quantitative estimate of drug-likeness (QED) is 0.639. The first-order valence-corrected chi connectivity index (χ1v) is 11.1. The van der Waals surface area contributed by atoms with Crippen LogP contribution in [0.4, 0.5) is 5.69 Å². The fraction of sp³-hybridized carbons (Fsp3) is 0.375. The van der Waals surface area contributed by atoms with Gasteiger partial charge >= 0.3 is 0 Å². The number of aromatic nitrogens is 3. The zero-order valence-electron chi connectivity index (χ0n) is 18.4. The van der Waals surface area contributed by atoms with Crippen molar-refractivity contribution in [1.82, 2.24) is 19.5 Å². The van der Waals surface area contributed by atoms with E-state index in [1.165, 1.54) is 5.01 Å². The van der Waals surface area contributed by atoms with E-state index in [4.69, 9.17) is 0 Å². The summed E-state index contributed by atoms with van der Waals surface area (Å²) in [5.74, 6) is 1.07. The molecule has 1 aromatic carbocycles. The van der Waals surface area contributed by atoms with Crippen molar-refractivity contribution in [2.75, 3.05) is 18.1 Å². The fourth-order valence-corrected chi connectivity index (χ4v) is 4.50. The molecule has 164 valence electrons. The third-order valence-electron chi connectivity index (χ3n) is 6.36. The predicted molar refractivity (Wildman–Crippen MR) is 122 cm³/mol. The molecule has 2 aromatic heterocycles. The zero-order chi connectivity index (χ0) is 22.2. The Bertz CT molecular complexity index is 1220. The molecule has 0 atom stereocenters. The van der Waals surface area contributed by atoms with Crippen molar-refractivity contribution in [3.63, 3.8) is 0 Å². The third kappa shape index (κ3) is 3.66. The van der Waals surface area contributed by atoms with Crippen LogP contribution in [0.15, 0.2) is 47.7 Å². The molecule has 32 heavy (non-hydrogen) atoms. The van der Waals surface area contributed by atoms with Gasteiger partial charge in [-0.05, 0) is 56.0 Å². The van der Waals surface area contributed by atoms with Gasteiger partial charge in [0.15, 0.2) is 5.65 Å². The number of rotatable bonds is 3. The van der Waals surface area contributed by atoms with Crippen LogP contribution in [-0.2, 0) is 9.59 Å². The van der Waals surface area contributed by atoms with Gasteiger partial charge in [-0.3, -0.25) is 14.0 Å². The number of hydrazone groups is 1. The lowest BCUT2D eigenvalue weighted by molar-refractivity contribution is -0.125. The van der Waals surface area contributed by atoms with E-state index in [9.17, 15) is 9.59 Å². The number of aryl methyl sites for hydroxylation is 2. The maximum atomic E-state index is 13.2. The smallest absolute Gasteiger partial charge is 0.270 e. The lowest BCUT2D eigenvalue weighted by Gasteiger charge is -2.33. The fourth-order valence-electron chi connectivity index (χ4n) is 4.50. The average Bonchev–Trinajstić information content (AvgIpc) is 3.25. The van der Waals surface area contributed by atoms with Crippen molar-refractivity contribution in [3.05, 3.63) is 59.5 Å². The molecule has 0 spiro atoms. The third-order valence-corrected chi connectivity index (χ3v) is 6.36. The second-order valence-electron chi connectivity index (χ2n) is 8.60. The van der Waals surface area contributed by atoms with Crippen LogP contribution in [0.5, 0.6) is 0 Å². The summed E-state index contributed by atoms with van der Waals surface area (Å²) in [4.78, 5) is 27.6. The molecule has 0 aliphatic carbocycles. The van der Waals surface area contributed by atoms with E-state index in [1.807, 2.05) is 65.7 Å². The molecule has 1 saturated heterocycles. The van der Waals surface area contributed by atoms with Gasteiger partial charge in [-0.15, -0.1) is 10.2 Å². The number of piperidine rings is 1. The molecule has 0 N–H and O–H groups in total. The van der Waals surface area contributed by atoms with Crippen molar-refractivity contribution in [1.29, 1.82) is 0 Å². The van der Waals surface area contributed by atoms with E-state index < -0.39 is 0 Å². The number of benzene rings is 1. The minimum absolute atomic E-state index is 0.0719. The van der Waals surface area contributed by atoms with Crippen LogP contribution < -0.4 is 5.01 Å². The van der Waals surface area contributed by atoms with Gasteiger partial charge in [0, 0.05) is 38.0 Å². The van der Waals surface area contributed by atoms with Crippen molar-refractivity contribution >= 4 is 28.9 Å². The summed E-state index contributed by atoms with van der Waals surface area (Å²) in [5.41, 5.74) is 4.06. The Hall–Kier alpha value is -3.55. The maximum Gasteiger partial charge on any atom is 0.270 e. The number of nitrogens with zero attached hydrogens (tertiary/aromatic N) is 6. The number of carbonyl (C=O) groups is 2. The molecule has 3 aromatic rings. The van der Waals surface area contributed by atoms with Crippen molar-refractivity contribution in [2.24, 2.45) is 5.10 Å². The second kappa shape index (κ2) is 8.18. The highest BCUT2D eigenvalue weighted by Crippen LogP contribution is 2.29. The largest absolute Gasteiger partial charge is 0.337 e. The van der Waals surface area contributed by atoms with Crippen LogP contribution >= 0.6 is 0 Å². The van der Waals surface area contributed by atoms with E-state index in [2.05, 4.69) is 15.3 Å². The lowest BCUT2D eigenvalue weighted by atomic mass is 9.95. The molecule has 0 saturated carbocycles. The predicted octanol–water partition coefficient (Wildman–Crippen LogP) is 3.24. The summed E-state index contributed by atoms with van der Waals surface area (Å²) >= 11 is 0. The average molecular weight is 431 g/mol. The molecular formula is C24H26N6O2. The lowest BCUT2D eigenvalue weighted by Crippen LogP contribution is -2.44. The second-order valence-corrected chi connectivity index (χ2v) is 8.60. The molecule has 1 fully saturated rings. The molecule has 2 aliphatic heterocycles. The van der Waals surface area contributed by atoms with E-state index >= 15 is 0 Å². The van der Waals surface area contributed by atoms with E-state index in [0.29, 0.717) is 31.6 Å². The van der Waals surface area contributed by atoms with Crippen LogP contribution in [0.2, 0.25) is 0 Å². The molecule has 8 heteroatoms. The number of pyridine rings is 1. The van der Waals surface area contributed by atoms with Crippen LogP contribution in [0.1, 0.15) is 48.6 Å². The van der Waals surface area contributed by atoms with E-state index in [0.717, 1.165) is 41.1 Å². The summed E-state index contributed by atoms with van der Waals surface area (Å²) < 4.78 is 2.03. The first-order valence-electron chi connectivity index (χ1n) is 11.1. The van der Waals surface area contributed by atoms with Crippen LogP contribution in [0, 0.1) is 13.8 Å². The molecule has 0 unspecified atom stereocenters. The van der Waals surface area contributed by atoms with Gasteiger partial charge in [-0.1, -0.05) is 18.2 Å². The first kappa shape index (κ1) is 20.4. The molecule has 2 amide bonds. The number of amides is 2. The highest BCUT2D eigenvalue weighted by atomic mass is 16.2. The Morgan fingerprint density at radius 3 is 2.66 bits per heavy atom. The summed E-state index contributed by atoms with van der Waals surface area (Å²) in [5, 5.41) is 14.6. The molecular weight excluding hydrogens is 404 g/mol. The minimum Gasteiger partial charge on any atom is -0.337 e. The summed E-state index contributed by atoms with van der Waals surface area (Å²) in [6.45, 7) is 5.21. The number of likely N-dealkylation sites (tertiary alicyclic amines) is 1. The number of carbonyl (C=O) groups excluding carboxylic acids is 2. The van der Waals surface area contributed by atoms with Gasteiger partial charge in [0.2, 0.25) is 5.91 Å². The minimum atomic E-state index is -0.0763. The van der Waals surface area contributed by atoms with Crippen LogP contribution in [0.3, 0.4) is 0 Å². The molecule has 4 heterocycles. The number of fused-ring (bicyclic) bond motifs is 1. The number of hydrogen-bond acceptors (Lipinski definition) is 5. The highest BCUT2D eigenvalue weighted by molar-refractivity contribution is 6.40. The Morgan fingerprint density at radius 2 is 1.84 bits per heavy atom. The normalized spacial score (nSPS) is 17.7.